The molecule has 2 aromatic carbocycles. The average Bonchev–Trinajstić information content (AvgIpc) is 3.08. The Hall–Kier alpha value is -3.56. The van der Waals surface area contributed by atoms with E-state index in [1.54, 1.807) is 25.1 Å². The highest BCUT2D eigenvalue weighted by atomic mass is 35.5. The quantitative estimate of drug-likeness (QED) is 0.535. The molecule has 1 aliphatic heterocycles. The fraction of sp³-hybridized carbons (Fsp3) is 0.240. The molecule has 4 rings (SSSR count). The zero-order valence-corrected chi connectivity index (χ0v) is 19.6. The lowest BCUT2D eigenvalue weighted by molar-refractivity contribution is -0.118. The van der Waals surface area contributed by atoms with Crippen LogP contribution in [0.25, 0.3) is 0 Å². The summed E-state index contributed by atoms with van der Waals surface area (Å²) in [4.78, 5) is 32.1. The fourth-order valence-electron chi connectivity index (χ4n) is 4.34. The molecule has 10 heteroatoms. The number of hydrogen-bond acceptors (Lipinski definition) is 5. The number of carbonyl (C=O) groups excluding carboxylic acids is 2. The van der Waals surface area contributed by atoms with E-state index >= 15 is 8.78 Å². The summed E-state index contributed by atoms with van der Waals surface area (Å²) >= 11 is 5.89. The number of amides is 2. The minimum absolute atomic E-state index is 0.0170. The highest BCUT2D eigenvalue weighted by molar-refractivity contribution is 6.30. The number of ether oxygens (including phenoxy) is 1. The van der Waals surface area contributed by atoms with E-state index in [9.17, 15) is 14.7 Å². The Morgan fingerprint density at radius 2 is 1.83 bits per heavy atom. The summed E-state index contributed by atoms with van der Waals surface area (Å²) in [6.45, 7) is 1.26. The maximum atomic E-state index is 15.2. The van der Waals surface area contributed by atoms with Crippen molar-refractivity contribution < 1.29 is 28.2 Å². The third-order valence-electron chi connectivity index (χ3n) is 6.01. The van der Waals surface area contributed by atoms with E-state index in [0.29, 0.717) is 10.7 Å². The van der Waals surface area contributed by atoms with Crippen molar-refractivity contribution in [1.82, 2.24) is 10.3 Å². The van der Waals surface area contributed by atoms with Crippen LogP contribution in [0, 0.1) is 11.6 Å². The van der Waals surface area contributed by atoms with Crippen molar-refractivity contribution in [3.8, 4) is 5.75 Å². The first-order chi connectivity index (χ1) is 16.7. The Bertz CT molecular complexity index is 1250. The van der Waals surface area contributed by atoms with Crippen LogP contribution in [0.1, 0.15) is 34.5 Å². The molecule has 3 atom stereocenters. The second-order valence-electron chi connectivity index (χ2n) is 8.08. The molecule has 1 fully saturated rings. The van der Waals surface area contributed by atoms with Crippen molar-refractivity contribution in [3.05, 3.63) is 88.1 Å². The van der Waals surface area contributed by atoms with Crippen LogP contribution in [0.4, 0.5) is 14.6 Å². The van der Waals surface area contributed by atoms with Gasteiger partial charge in [0, 0.05) is 40.2 Å². The molecule has 0 saturated carbocycles. The number of nitrogens with zero attached hydrogens (tertiary/aromatic N) is 2. The minimum Gasteiger partial charge on any atom is -0.497 e. The number of hydrogen-bond donors (Lipinski definition) is 2. The molecular weight excluding hydrogens is 480 g/mol. The van der Waals surface area contributed by atoms with Crippen molar-refractivity contribution in [3.63, 3.8) is 0 Å². The van der Waals surface area contributed by atoms with Crippen molar-refractivity contribution in [2.24, 2.45) is 0 Å². The van der Waals surface area contributed by atoms with Crippen LogP contribution in [0.5, 0.6) is 5.75 Å². The number of nitrogens with one attached hydrogen (secondary N) is 1. The summed E-state index contributed by atoms with van der Waals surface area (Å²) in [5.74, 6) is -3.93. The lowest BCUT2D eigenvalue weighted by Crippen LogP contribution is -2.44. The van der Waals surface area contributed by atoms with E-state index in [4.69, 9.17) is 16.3 Å². The van der Waals surface area contributed by atoms with E-state index < -0.39 is 41.5 Å². The number of aromatic nitrogens is 1. The Morgan fingerprint density at radius 3 is 2.43 bits per heavy atom. The molecule has 0 radical (unpaired) electrons. The predicted octanol–water partition coefficient (Wildman–Crippen LogP) is 3.83. The van der Waals surface area contributed by atoms with Gasteiger partial charge < -0.3 is 15.2 Å². The van der Waals surface area contributed by atoms with Gasteiger partial charge in [0.2, 0.25) is 0 Å². The van der Waals surface area contributed by atoms with Gasteiger partial charge in [0.15, 0.2) is 0 Å². The van der Waals surface area contributed by atoms with Gasteiger partial charge in [-0.2, -0.15) is 0 Å². The molecule has 2 amide bonds. The van der Waals surface area contributed by atoms with Crippen LogP contribution in [0.3, 0.4) is 0 Å². The summed E-state index contributed by atoms with van der Waals surface area (Å²) in [6, 6.07) is 10.7. The fourth-order valence-corrected chi connectivity index (χ4v) is 4.46. The number of methoxy groups -OCH3 is 1. The van der Waals surface area contributed by atoms with Gasteiger partial charge in [0.1, 0.15) is 29.2 Å². The number of pyridine rings is 1. The Balaban J connectivity index is 1.79. The van der Waals surface area contributed by atoms with E-state index in [0.717, 1.165) is 12.1 Å². The molecular formula is C25H22ClF2N3O4. The summed E-state index contributed by atoms with van der Waals surface area (Å²) in [5, 5.41) is 12.5. The average molecular weight is 502 g/mol. The largest absolute Gasteiger partial charge is 0.497 e. The van der Waals surface area contributed by atoms with Crippen LogP contribution >= 0.6 is 11.6 Å². The number of rotatable bonds is 6. The zero-order valence-electron chi connectivity index (χ0n) is 18.8. The maximum Gasteiger partial charge on any atom is 0.251 e. The lowest BCUT2D eigenvalue weighted by atomic mass is 9.87. The number of aliphatic hydroxyl groups excluding tert-OH is 1. The van der Waals surface area contributed by atoms with Crippen molar-refractivity contribution >= 4 is 29.2 Å². The number of aliphatic hydroxyl groups is 1. The highest BCUT2D eigenvalue weighted by Crippen LogP contribution is 2.40. The zero-order chi connectivity index (χ0) is 25.3. The van der Waals surface area contributed by atoms with Gasteiger partial charge >= 0.3 is 0 Å². The van der Waals surface area contributed by atoms with E-state index in [1.165, 1.54) is 36.3 Å². The molecule has 7 nitrogen and oxygen atoms in total. The Kier molecular flexibility index (Phi) is 7.00. The van der Waals surface area contributed by atoms with E-state index in [2.05, 4.69) is 10.3 Å². The summed E-state index contributed by atoms with van der Waals surface area (Å²) in [7, 11) is 1.28. The van der Waals surface area contributed by atoms with Crippen LogP contribution in [0.2, 0.25) is 5.02 Å². The van der Waals surface area contributed by atoms with Gasteiger partial charge in [-0.25, -0.2) is 13.8 Å². The second-order valence-corrected chi connectivity index (χ2v) is 8.52. The van der Waals surface area contributed by atoms with Crippen molar-refractivity contribution in [1.29, 1.82) is 0 Å². The Labute approximate surface area is 205 Å². The first kappa shape index (κ1) is 24.6. The topological polar surface area (TPSA) is 91.8 Å². The molecule has 2 heterocycles. The normalized spacial score (nSPS) is 19.7. The predicted molar refractivity (Wildman–Crippen MR) is 125 cm³/mol. The summed E-state index contributed by atoms with van der Waals surface area (Å²) in [5.41, 5.74) is 0.187. The standard InChI is InChI=1S/C25H22ClF2N3O4/c1-13-21(22-18(27)10-17(35-2)11-19(22)28)23(30-24(33)14-6-8-15(26)9-7-14)25(34)31(13)20-5-3-4-16(12-32)29-20/h3-11,13,21,23,32H,12H2,1-2H3,(H,30,33)/t13-,21+,23?/m1/s1. The molecule has 3 aromatic rings. The number of anilines is 1. The molecule has 0 spiro atoms. The molecule has 1 unspecified atom stereocenters. The van der Waals surface area contributed by atoms with Gasteiger partial charge in [-0.1, -0.05) is 17.7 Å². The van der Waals surface area contributed by atoms with Crippen molar-refractivity contribution in [2.75, 3.05) is 12.0 Å². The number of carbonyl (C=O) groups is 2. The van der Waals surface area contributed by atoms with E-state index in [-0.39, 0.29) is 29.3 Å². The van der Waals surface area contributed by atoms with Gasteiger partial charge in [-0.05, 0) is 43.3 Å². The molecule has 0 bridgehead atoms. The van der Waals surface area contributed by atoms with Crippen LogP contribution in [0.15, 0.2) is 54.6 Å². The maximum absolute atomic E-state index is 15.2. The molecule has 0 aliphatic carbocycles. The first-order valence-electron chi connectivity index (χ1n) is 10.7. The monoisotopic (exact) mass is 501 g/mol. The Morgan fingerprint density at radius 1 is 1.17 bits per heavy atom. The van der Waals surface area contributed by atoms with Gasteiger partial charge in [-0.3, -0.25) is 14.5 Å². The molecule has 1 saturated heterocycles. The van der Waals surface area contributed by atoms with Crippen LogP contribution in [-0.4, -0.2) is 41.1 Å². The van der Waals surface area contributed by atoms with E-state index in [1.807, 2.05) is 0 Å². The molecule has 1 aliphatic rings. The summed E-state index contributed by atoms with van der Waals surface area (Å²) < 4.78 is 35.2. The minimum atomic E-state index is -1.30. The van der Waals surface area contributed by atoms with Gasteiger partial charge in [-0.15, -0.1) is 0 Å². The smallest absolute Gasteiger partial charge is 0.251 e. The van der Waals surface area contributed by atoms with Crippen molar-refractivity contribution in [2.45, 2.75) is 31.5 Å². The molecule has 35 heavy (non-hydrogen) atoms. The SMILES string of the molecule is COc1cc(F)c([C@H]2C(NC(=O)c3ccc(Cl)cc3)C(=O)N(c3cccc(CO)n3)[C@@H]2C)c(F)c1. The highest BCUT2D eigenvalue weighted by Gasteiger charge is 2.50. The van der Waals surface area contributed by atoms with Crippen LogP contribution in [-0.2, 0) is 11.4 Å². The van der Waals surface area contributed by atoms with Crippen LogP contribution < -0.4 is 15.0 Å². The third kappa shape index (κ3) is 4.69. The first-order valence-corrected chi connectivity index (χ1v) is 11.1. The lowest BCUT2D eigenvalue weighted by Gasteiger charge is -2.25. The third-order valence-corrected chi connectivity index (χ3v) is 6.26. The van der Waals surface area contributed by atoms with Gasteiger partial charge in [0.25, 0.3) is 11.8 Å². The molecule has 182 valence electrons. The number of halogens is 3. The molecule has 2 N–H and O–H groups in total. The molecule has 1 aromatic heterocycles. The summed E-state index contributed by atoms with van der Waals surface area (Å²) in [6.07, 6.45) is 0. The number of benzene rings is 2. The van der Waals surface area contributed by atoms with Gasteiger partial charge in [0.05, 0.1) is 19.4 Å². The second kappa shape index (κ2) is 9.97.